The molecular formula is C31H26FN5O3. The monoisotopic (exact) mass is 535 g/mol. The Labute approximate surface area is 230 Å². The molecule has 6 rings (SSSR count). The predicted molar refractivity (Wildman–Crippen MR) is 148 cm³/mol. The molecule has 0 bridgehead atoms. The standard InChI is InChI=1S/C31H26FN5O3/c1-20-25-19-36(31(39)33-26-15-7-6-14-24(26)30(38)40-2)28(21-10-8-11-22(32)18-21)27-16-9-17-35(27)29(25)37(34-20)23-12-4-3-5-13-23/h3-18,28H,19H2,1-2H3,(H,33,39)/t28-/m1/s1. The molecule has 200 valence electrons. The summed E-state index contributed by atoms with van der Waals surface area (Å²) < 4.78 is 23.3. The third kappa shape index (κ3) is 4.31. The third-order valence-corrected chi connectivity index (χ3v) is 7.09. The van der Waals surface area contributed by atoms with Gasteiger partial charge in [-0.15, -0.1) is 0 Å². The summed E-state index contributed by atoms with van der Waals surface area (Å²) in [5.41, 5.74) is 4.39. The Morgan fingerprint density at radius 3 is 2.52 bits per heavy atom. The second-order valence-corrected chi connectivity index (χ2v) is 9.49. The van der Waals surface area contributed by atoms with Gasteiger partial charge in [-0.25, -0.2) is 18.7 Å². The molecule has 2 amide bonds. The zero-order chi connectivity index (χ0) is 27.8. The van der Waals surface area contributed by atoms with Gasteiger partial charge in [-0.05, 0) is 61.0 Å². The lowest BCUT2D eigenvalue weighted by atomic mass is 10.0. The number of urea groups is 1. The first-order chi connectivity index (χ1) is 19.5. The number of para-hydroxylation sites is 2. The second-order valence-electron chi connectivity index (χ2n) is 9.49. The van der Waals surface area contributed by atoms with Crippen LogP contribution in [-0.2, 0) is 11.3 Å². The molecule has 8 nitrogen and oxygen atoms in total. The normalized spacial score (nSPS) is 14.2. The van der Waals surface area contributed by atoms with E-state index in [4.69, 9.17) is 9.84 Å². The minimum atomic E-state index is -0.646. The van der Waals surface area contributed by atoms with Crippen LogP contribution in [0.5, 0.6) is 0 Å². The van der Waals surface area contributed by atoms with Gasteiger partial charge in [-0.2, -0.15) is 5.10 Å². The van der Waals surface area contributed by atoms with E-state index in [1.54, 1.807) is 41.3 Å². The highest BCUT2D eigenvalue weighted by molar-refractivity contribution is 6.01. The van der Waals surface area contributed by atoms with Crippen LogP contribution in [0.25, 0.3) is 11.5 Å². The lowest BCUT2D eigenvalue weighted by molar-refractivity contribution is 0.0602. The highest BCUT2D eigenvalue weighted by Crippen LogP contribution is 2.39. The summed E-state index contributed by atoms with van der Waals surface area (Å²) in [6, 6.07) is 25.4. The van der Waals surface area contributed by atoms with E-state index < -0.39 is 23.9 Å². The quantitative estimate of drug-likeness (QED) is 0.285. The average Bonchev–Trinajstić information content (AvgIpc) is 3.53. The maximum atomic E-state index is 14.5. The first-order valence-corrected chi connectivity index (χ1v) is 12.8. The Hall–Kier alpha value is -5.18. The molecule has 1 aliphatic rings. The first-order valence-electron chi connectivity index (χ1n) is 12.8. The van der Waals surface area contributed by atoms with Crippen molar-refractivity contribution < 1.29 is 18.7 Å². The minimum absolute atomic E-state index is 0.184. The molecule has 1 N–H and O–H groups in total. The Kier molecular flexibility index (Phi) is 6.39. The van der Waals surface area contributed by atoms with Gasteiger partial charge < -0.3 is 19.5 Å². The summed E-state index contributed by atoms with van der Waals surface area (Å²) in [6.45, 7) is 2.09. The lowest BCUT2D eigenvalue weighted by Crippen LogP contribution is -2.38. The van der Waals surface area contributed by atoms with Crippen molar-refractivity contribution in [2.45, 2.75) is 19.5 Å². The summed E-state index contributed by atoms with van der Waals surface area (Å²) in [5, 5.41) is 7.74. The van der Waals surface area contributed by atoms with Crippen LogP contribution >= 0.6 is 0 Å². The zero-order valence-electron chi connectivity index (χ0n) is 21.9. The maximum Gasteiger partial charge on any atom is 0.339 e. The average molecular weight is 536 g/mol. The smallest absolute Gasteiger partial charge is 0.339 e. The van der Waals surface area contributed by atoms with Crippen molar-refractivity contribution in [1.82, 2.24) is 19.2 Å². The number of aromatic nitrogens is 3. The summed E-state index contributed by atoms with van der Waals surface area (Å²) in [4.78, 5) is 28.2. The van der Waals surface area contributed by atoms with Crippen molar-refractivity contribution in [2.24, 2.45) is 0 Å². The van der Waals surface area contributed by atoms with Crippen LogP contribution in [0.15, 0.2) is 97.2 Å². The van der Waals surface area contributed by atoms with Gasteiger partial charge in [0.15, 0.2) is 0 Å². The van der Waals surface area contributed by atoms with Crippen molar-refractivity contribution in [2.75, 3.05) is 12.4 Å². The zero-order valence-corrected chi connectivity index (χ0v) is 21.9. The number of esters is 1. The molecule has 1 aliphatic heterocycles. The molecule has 0 saturated heterocycles. The number of carbonyl (C=O) groups excluding carboxylic acids is 2. The molecule has 0 spiro atoms. The highest BCUT2D eigenvalue weighted by Gasteiger charge is 2.36. The molecule has 0 saturated carbocycles. The largest absolute Gasteiger partial charge is 0.465 e. The van der Waals surface area contributed by atoms with E-state index in [9.17, 15) is 14.0 Å². The number of hydrogen-bond acceptors (Lipinski definition) is 4. The number of halogens is 1. The van der Waals surface area contributed by atoms with Crippen molar-refractivity contribution in [1.29, 1.82) is 0 Å². The fraction of sp³-hybridized carbons (Fsp3) is 0.129. The number of rotatable bonds is 4. The first kappa shape index (κ1) is 25.1. The molecule has 5 aromatic rings. The van der Waals surface area contributed by atoms with Gasteiger partial charge in [-0.1, -0.05) is 42.5 Å². The summed E-state index contributed by atoms with van der Waals surface area (Å²) in [7, 11) is 1.29. The molecular weight excluding hydrogens is 509 g/mol. The number of amides is 2. The molecule has 0 unspecified atom stereocenters. The van der Waals surface area contributed by atoms with Gasteiger partial charge in [0.1, 0.15) is 11.6 Å². The molecule has 0 radical (unpaired) electrons. The van der Waals surface area contributed by atoms with Crippen molar-refractivity contribution in [3.05, 3.63) is 131 Å². The van der Waals surface area contributed by atoms with Gasteiger partial charge in [-0.3, -0.25) is 0 Å². The van der Waals surface area contributed by atoms with Crippen LogP contribution in [0, 0.1) is 12.7 Å². The number of nitrogens with zero attached hydrogens (tertiary/aromatic N) is 4. The maximum absolute atomic E-state index is 14.5. The van der Waals surface area contributed by atoms with Crippen LogP contribution in [0.1, 0.15) is 38.9 Å². The summed E-state index contributed by atoms with van der Waals surface area (Å²) >= 11 is 0. The van der Waals surface area contributed by atoms with Crippen LogP contribution in [0.4, 0.5) is 14.9 Å². The molecule has 3 heterocycles. The molecule has 40 heavy (non-hydrogen) atoms. The number of aryl methyl sites for hydroxylation is 1. The second kappa shape index (κ2) is 10.2. The van der Waals surface area contributed by atoms with Crippen LogP contribution in [-0.4, -0.2) is 38.4 Å². The van der Waals surface area contributed by atoms with Crippen molar-refractivity contribution >= 4 is 17.7 Å². The molecule has 1 atom stereocenters. The molecule has 0 aliphatic carbocycles. The molecule has 2 aromatic heterocycles. The van der Waals surface area contributed by atoms with E-state index in [-0.39, 0.29) is 12.1 Å². The Bertz CT molecular complexity index is 1730. The SMILES string of the molecule is COC(=O)c1ccccc1NC(=O)N1Cc2c(C)nn(-c3ccccc3)c2-n2cccc2[C@H]1c1cccc(F)c1. The number of hydrogen-bond donors (Lipinski definition) is 1. The van der Waals surface area contributed by atoms with Gasteiger partial charge in [0.2, 0.25) is 0 Å². The Balaban J connectivity index is 1.53. The lowest BCUT2D eigenvalue weighted by Gasteiger charge is -2.31. The number of carbonyl (C=O) groups is 2. The molecule has 0 fully saturated rings. The fourth-order valence-electron chi connectivity index (χ4n) is 5.24. The number of ether oxygens (including phenoxy) is 1. The fourth-order valence-corrected chi connectivity index (χ4v) is 5.24. The Morgan fingerprint density at radius 1 is 0.975 bits per heavy atom. The van der Waals surface area contributed by atoms with E-state index in [1.807, 2.05) is 64.8 Å². The van der Waals surface area contributed by atoms with E-state index in [2.05, 4.69) is 5.32 Å². The Morgan fingerprint density at radius 2 is 1.75 bits per heavy atom. The van der Waals surface area contributed by atoms with E-state index >= 15 is 0 Å². The third-order valence-electron chi connectivity index (χ3n) is 7.09. The van der Waals surface area contributed by atoms with Gasteiger partial charge >= 0.3 is 12.0 Å². The van der Waals surface area contributed by atoms with Crippen LogP contribution in [0.2, 0.25) is 0 Å². The summed E-state index contributed by atoms with van der Waals surface area (Å²) in [6.07, 6.45) is 1.93. The number of methoxy groups -OCH3 is 1. The van der Waals surface area contributed by atoms with Crippen LogP contribution < -0.4 is 5.32 Å². The summed E-state index contributed by atoms with van der Waals surface area (Å²) in [5.74, 6) is -0.166. The number of anilines is 1. The van der Waals surface area contributed by atoms with E-state index in [1.165, 1.54) is 19.2 Å². The number of benzene rings is 3. The topological polar surface area (TPSA) is 81.4 Å². The van der Waals surface area contributed by atoms with E-state index in [0.29, 0.717) is 11.3 Å². The van der Waals surface area contributed by atoms with Gasteiger partial charge in [0, 0.05) is 11.8 Å². The van der Waals surface area contributed by atoms with Gasteiger partial charge in [0.25, 0.3) is 0 Å². The van der Waals surface area contributed by atoms with E-state index in [0.717, 1.165) is 28.5 Å². The van der Waals surface area contributed by atoms with Crippen molar-refractivity contribution in [3.8, 4) is 11.5 Å². The van der Waals surface area contributed by atoms with Crippen molar-refractivity contribution in [3.63, 3.8) is 0 Å². The van der Waals surface area contributed by atoms with Crippen LogP contribution in [0.3, 0.4) is 0 Å². The number of nitrogens with one attached hydrogen (secondary N) is 1. The molecule has 9 heteroatoms. The molecule has 3 aromatic carbocycles. The minimum Gasteiger partial charge on any atom is -0.465 e. The highest BCUT2D eigenvalue weighted by atomic mass is 19.1. The number of fused-ring (bicyclic) bond motifs is 3. The van der Waals surface area contributed by atoms with Gasteiger partial charge in [0.05, 0.1) is 48.0 Å². The predicted octanol–water partition coefficient (Wildman–Crippen LogP) is 6.03.